The minimum Gasteiger partial charge on any atom is -0.493 e. The van der Waals surface area contributed by atoms with Gasteiger partial charge in [-0.2, -0.15) is 0 Å². The highest BCUT2D eigenvalue weighted by Crippen LogP contribution is 2.25. The Hall–Kier alpha value is -0.380. The molecule has 0 unspecified atom stereocenters. The van der Waals surface area contributed by atoms with Gasteiger partial charge in [0.1, 0.15) is 5.75 Å². The SMILES string of the molecule is Cc1ccc(C)c(OCCCCN2CCSC2)c1C.Cl. The molecule has 114 valence electrons. The van der Waals surface area contributed by atoms with E-state index in [2.05, 4.69) is 37.8 Å². The number of unbranched alkanes of at least 4 members (excludes halogenated alkanes) is 1. The average molecular weight is 316 g/mol. The maximum Gasteiger partial charge on any atom is 0.125 e. The highest BCUT2D eigenvalue weighted by atomic mass is 35.5. The third-order valence-corrected chi connectivity index (χ3v) is 4.83. The molecule has 1 saturated heterocycles. The first kappa shape index (κ1) is 17.7. The van der Waals surface area contributed by atoms with Crippen LogP contribution in [0.25, 0.3) is 0 Å². The largest absolute Gasteiger partial charge is 0.493 e. The van der Waals surface area contributed by atoms with E-state index in [0.717, 1.165) is 18.8 Å². The molecule has 1 fully saturated rings. The molecule has 20 heavy (non-hydrogen) atoms. The number of hydrogen-bond donors (Lipinski definition) is 0. The molecule has 0 amide bonds. The van der Waals surface area contributed by atoms with Crippen LogP contribution in [-0.2, 0) is 0 Å². The van der Waals surface area contributed by atoms with Crippen molar-refractivity contribution >= 4 is 24.2 Å². The number of thioether (sulfide) groups is 1. The molecule has 0 atom stereocenters. The van der Waals surface area contributed by atoms with Crippen molar-refractivity contribution in [2.24, 2.45) is 0 Å². The predicted molar refractivity (Wildman–Crippen MR) is 91.5 cm³/mol. The zero-order valence-electron chi connectivity index (χ0n) is 12.8. The van der Waals surface area contributed by atoms with Crippen LogP contribution in [0.15, 0.2) is 12.1 Å². The van der Waals surface area contributed by atoms with E-state index >= 15 is 0 Å². The summed E-state index contributed by atoms with van der Waals surface area (Å²) in [4.78, 5) is 2.54. The van der Waals surface area contributed by atoms with Gasteiger partial charge in [-0.1, -0.05) is 12.1 Å². The van der Waals surface area contributed by atoms with Gasteiger partial charge in [0.15, 0.2) is 0 Å². The lowest BCUT2D eigenvalue weighted by molar-refractivity contribution is 0.281. The minimum absolute atomic E-state index is 0. The fourth-order valence-electron chi connectivity index (χ4n) is 2.39. The molecule has 0 aromatic heterocycles. The molecule has 0 aliphatic carbocycles. The molecule has 1 aromatic rings. The van der Waals surface area contributed by atoms with Crippen molar-refractivity contribution < 1.29 is 4.74 Å². The Morgan fingerprint density at radius 3 is 2.60 bits per heavy atom. The van der Waals surface area contributed by atoms with Gasteiger partial charge in [-0.15, -0.1) is 24.2 Å². The van der Waals surface area contributed by atoms with Crippen LogP contribution in [0.4, 0.5) is 0 Å². The minimum atomic E-state index is 0. The van der Waals surface area contributed by atoms with E-state index in [1.807, 2.05) is 11.8 Å². The number of ether oxygens (including phenoxy) is 1. The van der Waals surface area contributed by atoms with E-state index < -0.39 is 0 Å². The number of hydrogen-bond acceptors (Lipinski definition) is 3. The molecule has 0 radical (unpaired) electrons. The zero-order chi connectivity index (χ0) is 13.7. The van der Waals surface area contributed by atoms with Crippen molar-refractivity contribution in [1.29, 1.82) is 0 Å². The van der Waals surface area contributed by atoms with E-state index in [-0.39, 0.29) is 12.4 Å². The number of rotatable bonds is 6. The first-order chi connectivity index (χ1) is 9.18. The van der Waals surface area contributed by atoms with Crippen LogP contribution in [0, 0.1) is 20.8 Å². The lowest BCUT2D eigenvalue weighted by Crippen LogP contribution is -2.21. The van der Waals surface area contributed by atoms with E-state index in [1.54, 1.807) is 0 Å². The lowest BCUT2D eigenvalue weighted by atomic mass is 10.1. The monoisotopic (exact) mass is 315 g/mol. The van der Waals surface area contributed by atoms with Crippen molar-refractivity contribution in [2.75, 3.05) is 31.3 Å². The second kappa shape index (κ2) is 8.81. The maximum atomic E-state index is 5.99. The quantitative estimate of drug-likeness (QED) is 0.730. The second-order valence-corrected chi connectivity index (χ2v) is 6.44. The van der Waals surface area contributed by atoms with Crippen LogP contribution in [-0.4, -0.2) is 36.2 Å². The molecule has 0 spiro atoms. The highest BCUT2D eigenvalue weighted by molar-refractivity contribution is 7.99. The maximum absolute atomic E-state index is 5.99. The van der Waals surface area contributed by atoms with Crippen molar-refractivity contribution in [2.45, 2.75) is 33.6 Å². The number of nitrogens with zero attached hydrogens (tertiary/aromatic N) is 1. The van der Waals surface area contributed by atoms with Gasteiger partial charge in [-0.3, -0.25) is 4.90 Å². The molecule has 1 aliphatic heterocycles. The first-order valence-electron chi connectivity index (χ1n) is 7.18. The Bertz CT molecular complexity index is 419. The third-order valence-electron chi connectivity index (χ3n) is 3.81. The molecule has 1 heterocycles. The molecule has 1 aliphatic rings. The zero-order valence-corrected chi connectivity index (χ0v) is 14.4. The Kier molecular flexibility index (Phi) is 7.78. The highest BCUT2D eigenvalue weighted by Gasteiger charge is 2.11. The fourth-order valence-corrected chi connectivity index (χ4v) is 3.42. The van der Waals surface area contributed by atoms with Crippen LogP contribution in [0.2, 0.25) is 0 Å². The van der Waals surface area contributed by atoms with Gasteiger partial charge in [0.05, 0.1) is 6.61 Å². The van der Waals surface area contributed by atoms with Crippen molar-refractivity contribution in [3.05, 3.63) is 28.8 Å². The first-order valence-corrected chi connectivity index (χ1v) is 8.33. The summed E-state index contributed by atoms with van der Waals surface area (Å²) < 4.78 is 5.99. The molecule has 4 heteroatoms. The van der Waals surface area contributed by atoms with Gasteiger partial charge >= 0.3 is 0 Å². The fraction of sp³-hybridized carbons (Fsp3) is 0.625. The van der Waals surface area contributed by atoms with Gasteiger partial charge in [-0.05, 0) is 56.8 Å². The van der Waals surface area contributed by atoms with Crippen LogP contribution >= 0.6 is 24.2 Å². The van der Waals surface area contributed by atoms with Gasteiger partial charge in [-0.25, -0.2) is 0 Å². The van der Waals surface area contributed by atoms with Crippen LogP contribution in [0.1, 0.15) is 29.5 Å². The Labute approximate surface area is 133 Å². The second-order valence-electron chi connectivity index (χ2n) is 5.36. The molecular formula is C16H26ClNOS. The summed E-state index contributed by atoms with van der Waals surface area (Å²) in [6.07, 6.45) is 2.39. The summed E-state index contributed by atoms with van der Waals surface area (Å²) in [5.74, 6) is 3.62. The van der Waals surface area contributed by atoms with Crippen LogP contribution in [0.5, 0.6) is 5.75 Å². The number of halogens is 1. The van der Waals surface area contributed by atoms with Crippen molar-refractivity contribution in [3.63, 3.8) is 0 Å². The third kappa shape index (κ3) is 4.87. The van der Waals surface area contributed by atoms with E-state index in [9.17, 15) is 0 Å². The summed E-state index contributed by atoms with van der Waals surface area (Å²) in [5, 5.41) is 0. The van der Waals surface area contributed by atoms with Crippen LogP contribution in [0.3, 0.4) is 0 Å². The average Bonchev–Trinajstić information content (AvgIpc) is 2.90. The topological polar surface area (TPSA) is 12.5 Å². The smallest absolute Gasteiger partial charge is 0.125 e. The predicted octanol–water partition coefficient (Wildman–Crippen LogP) is 4.20. The van der Waals surface area contributed by atoms with Gasteiger partial charge in [0.2, 0.25) is 0 Å². The molecule has 0 N–H and O–H groups in total. The summed E-state index contributed by atoms with van der Waals surface area (Å²) in [5.41, 5.74) is 3.85. The van der Waals surface area contributed by atoms with E-state index in [1.165, 1.54) is 47.8 Å². The molecule has 0 bridgehead atoms. The standard InChI is InChI=1S/C16H25NOS.ClH/c1-13-6-7-14(2)16(15(13)3)18-10-5-4-8-17-9-11-19-12-17;/h6-7H,4-5,8-12H2,1-3H3;1H. The lowest BCUT2D eigenvalue weighted by Gasteiger charge is -2.15. The summed E-state index contributed by atoms with van der Waals surface area (Å²) in [6.45, 7) is 9.75. The number of benzene rings is 1. The molecular weight excluding hydrogens is 290 g/mol. The van der Waals surface area contributed by atoms with Gasteiger partial charge in [0, 0.05) is 18.2 Å². The van der Waals surface area contributed by atoms with Crippen LogP contribution < -0.4 is 4.74 Å². The Balaban J connectivity index is 0.00000200. The molecule has 0 saturated carbocycles. The Morgan fingerprint density at radius 2 is 1.90 bits per heavy atom. The Morgan fingerprint density at radius 1 is 1.15 bits per heavy atom. The molecule has 2 rings (SSSR count). The van der Waals surface area contributed by atoms with Gasteiger partial charge < -0.3 is 4.74 Å². The molecule has 1 aromatic carbocycles. The number of aryl methyl sites for hydroxylation is 2. The summed E-state index contributed by atoms with van der Waals surface area (Å²) in [7, 11) is 0. The molecule has 2 nitrogen and oxygen atoms in total. The van der Waals surface area contributed by atoms with E-state index in [4.69, 9.17) is 4.74 Å². The van der Waals surface area contributed by atoms with Crippen molar-refractivity contribution in [3.8, 4) is 5.75 Å². The van der Waals surface area contributed by atoms with E-state index in [0.29, 0.717) is 0 Å². The summed E-state index contributed by atoms with van der Waals surface area (Å²) >= 11 is 2.04. The van der Waals surface area contributed by atoms with Crippen molar-refractivity contribution in [1.82, 2.24) is 4.90 Å². The normalized spacial score (nSPS) is 15.2. The van der Waals surface area contributed by atoms with Gasteiger partial charge in [0.25, 0.3) is 0 Å². The summed E-state index contributed by atoms with van der Waals surface area (Å²) in [6, 6.07) is 4.32.